The van der Waals surface area contributed by atoms with E-state index in [9.17, 15) is 9.59 Å². The first kappa shape index (κ1) is 15.2. The predicted octanol–water partition coefficient (Wildman–Crippen LogP) is 2.57. The summed E-state index contributed by atoms with van der Waals surface area (Å²) in [7, 11) is 0. The Labute approximate surface area is 114 Å². The third kappa shape index (κ3) is 4.39. The van der Waals surface area contributed by atoms with Crippen LogP contribution in [0.3, 0.4) is 0 Å². The van der Waals surface area contributed by atoms with Gasteiger partial charge in [-0.2, -0.15) is 0 Å². The van der Waals surface area contributed by atoms with Gasteiger partial charge in [0, 0.05) is 18.2 Å². The molecule has 0 aliphatic carbocycles. The van der Waals surface area contributed by atoms with E-state index < -0.39 is 5.97 Å². The van der Waals surface area contributed by atoms with Crippen molar-refractivity contribution in [3.8, 4) is 0 Å². The molecule has 0 radical (unpaired) electrons. The maximum atomic E-state index is 12.3. The lowest BCUT2D eigenvalue weighted by atomic mass is 10.1. The van der Waals surface area contributed by atoms with E-state index in [0.29, 0.717) is 5.56 Å². The van der Waals surface area contributed by atoms with Crippen molar-refractivity contribution >= 4 is 11.9 Å². The molecule has 0 aromatic heterocycles. The molecule has 0 saturated heterocycles. The quantitative estimate of drug-likeness (QED) is 0.858. The Morgan fingerprint density at radius 2 is 1.79 bits per heavy atom. The molecule has 19 heavy (non-hydrogen) atoms. The number of rotatable bonds is 6. The third-order valence-electron chi connectivity index (χ3n) is 3.06. The zero-order valence-corrected chi connectivity index (χ0v) is 11.7. The first-order valence-electron chi connectivity index (χ1n) is 6.57. The number of nitrogens with zero attached hydrogens (tertiary/aromatic N) is 1. The second-order valence-corrected chi connectivity index (χ2v) is 4.79. The lowest BCUT2D eigenvalue weighted by molar-refractivity contribution is -0.137. The topological polar surface area (TPSA) is 57.6 Å². The maximum Gasteiger partial charge on any atom is 0.305 e. The number of aliphatic carboxylic acids is 1. The van der Waals surface area contributed by atoms with Crippen molar-refractivity contribution in [1.29, 1.82) is 0 Å². The SMILES string of the molecule is CCc1ccc(C(=O)N(CCC(=O)O)C(C)C)cc1. The predicted molar refractivity (Wildman–Crippen MR) is 74.2 cm³/mol. The van der Waals surface area contributed by atoms with E-state index in [1.807, 2.05) is 26.0 Å². The van der Waals surface area contributed by atoms with E-state index in [2.05, 4.69) is 6.92 Å². The molecule has 0 aliphatic rings. The standard InChI is InChI=1S/C15H21NO3/c1-4-12-5-7-13(8-6-12)15(19)16(11(2)3)10-9-14(17)18/h5-8,11H,4,9-10H2,1-3H3,(H,17,18). The van der Waals surface area contributed by atoms with Crippen molar-refractivity contribution in [2.45, 2.75) is 39.7 Å². The number of carbonyl (C=O) groups excluding carboxylic acids is 1. The lowest BCUT2D eigenvalue weighted by Gasteiger charge is -2.26. The van der Waals surface area contributed by atoms with Gasteiger partial charge in [0.25, 0.3) is 5.91 Å². The fraction of sp³-hybridized carbons (Fsp3) is 0.467. The van der Waals surface area contributed by atoms with Crippen molar-refractivity contribution < 1.29 is 14.7 Å². The number of hydrogen-bond donors (Lipinski definition) is 1. The highest BCUT2D eigenvalue weighted by atomic mass is 16.4. The summed E-state index contributed by atoms with van der Waals surface area (Å²) in [6.07, 6.45) is 0.901. The van der Waals surface area contributed by atoms with Crippen LogP contribution in [-0.2, 0) is 11.2 Å². The van der Waals surface area contributed by atoms with Crippen LogP contribution in [0.15, 0.2) is 24.3 Å². The number of carbonyl (C=O) groups is 2. The Kier molecular flexibility index (Phi) is 5.55. The molecule has 0 atom stereocenters. The highest BCUT2D eigenvalue weighted by Crippen LogP contribution is 2.11. The zero-order valence-electron chi connectivity index (χ0n) is 11.7. The fourth-order valence-corrected chi connectivity index (χ4v) is 1.86. The van der Waals surface area contributed by atoms with E-state index in [1.165, 1.54) is 5.56 Å². The van der Waals surface area contributed by atoms with Crippen LogP contribution in [0.2, 0.25) is 0 Å². The van der Waals surface area contributed by atoms with E-state index >= 15 is 0 Å². The summed E-state index contributed by atoms with van der Waals surface area (Å²) in [5, 5.41) is 8.73. The Hall–Kier alpha value is -1.84. The molecule has 104 valence electrons. The van der Waals surface area contributed by atoms with Crippen LogP contribution in [0, 0.1) is 0 Å². The number of aryl methyl sites for hydroxylation is 1. The molecule has 1 aromatic carbocycles. The first-order chi connectivity index (χ1) is 8.95. The van der Waals surface area contributed by atoms with Crippen LogP contribution in [0.4, 0.5) is 0 Å². The largest absolute Gasteiger partial charge is 0.481 e. The van der Waals surface area contributed by atoms with Gasteiger partial charge >= 0.3 is 5.97 Å². The van der Waals surface area contributed by atoms with Crippen LogP contribution >= 0.6 is 0 Å². The normalized spacial score (nSPS) is 10.5. The Balaban J connectivity index is 2.82. The van der Waals surface area contributed by atoms with Crippen LogP contribution in [-0.4, -0.2) is 34.5 Å². The molecule has 0 saturated carbocycles. The number of carboxylic acid groups (broad SMARTS) is 1. The van der Waals surface area contributed by atoms with Crippen molar-refractivity contribution in [3.05, 3.63) is 35.4 Å². The summed E-state index contributed by atoms with van der Waals surface area (Å²) in [6, 6.07) is 7.46. The molecule has 0 fully saturated rings. The van der Waals surface area contributed by atoms with E-state index in [-0.39, 0.29) is 24.9 Å². The van der Waals surface area contributed by atoms with Crippen LogP contribution in [0.1, 0.15) is 43.1 Å². The molecule has 1 rings (SSSR count). The minimum Gasteiger partial charge on any atom is -0.481 e. The second-order valence-electron chi connectivity index (χ2n) is 4.79. The molecule has 0 bridgehead atoms. The highest BCUT2D eigenvalue weighted by molar-refractivity contribution is 5.94. The molecule has 0 heterocycles. The molecular weight excluding hydrogens is 242 g/mol. The van der Waals surface area contributed by atoms with Gasteiger partial charge in [-0.15, -0.1) is 0 Å². The first-order valence-corrected chi connectivity index (χ1v) is 6.57. The third-order valence-corrected chi connectivity index (χ3v) is 3.06. The van der Waals surface area contributed by atoms with Gasteiger partial charge in [0.05, 0.1) is 6.42 Å². The average Bonchev–Trinajstić information content (AvgIpc) is 2.38. The van der Waals surface area contributed by atoms with Gasteiger partial charge in [-0.25, -0.2) is 0 Å². The molecule has 1 N–H and O–H groups in total. The van der Waals surface area contributed by atoms with Crippen molar-refractivity contribution in [1.82, 2.24) is 4.90 Å². The summed E-state index contributed by atoms with van der Waals surface area (Å²) in [6.45, 7) is 6.08. The number of carboxylic acids is 1. The van der Waals surface area contributed by atoms with Gasteiger partial charge in [0.15, 0.2) is 0 Å². The monoisotopic (exact) mass is 263 g/mol. The molecule has 1 amide bonds. The van der Waals surface area contributed by atoms with Gasteiger partial charge in [0.1, 0.15) is 0 Å². The Morgan fingerprint density at radius 3 is 2.21 bits per heavy atom. The highest BCUT2D eigenvalue weighted by Gasteiger charge is 2.19. The number of hydrogen-bond acceptors (Lipinski definition) is 2. The van der Waals surface area contributed by atoms with E-state index in [0.717, 1.165) is 6.42 Å². The molecular formula is C15H21NO3. The summed E-state index contributed by atoms with van der Waals surface area (Å²) in [5.74, 6) is -1.00. The smallest absolute Gasteiger partial charge is 0.305 e. The van der Waals surface area contributed by atoms with Crippen LogP contribution < -0.4 is 0 Å². The maximum absolute atomic E-state index is 12.3. The van der Waals surface area contributed by atoms with Crippen LogP contribution in [0.25, 0.3) is 0 Å². The van der Waals surface area contributed by atoms with Crippen LogP contribution in [0.5, 0.6) is 0 Å². The zero-order chi connectivity index (χ0) is 14.4. The summed E-state index contributed by atoms with van der Waals surface area (Å²) in [5.41, 5.74) is 1.79. The van der Waals surface area contributed by atoms with Gasteiger partial charge in [-0.1, -0.05) is 19.1 Å². The molecule has 0 spiro atoms. The Bertz CT molecular complexity index is 437. The Morgan fingerprint density at radius 1 is 1.21 bits per heavy atom. The van der Waals surface area contributed by atoms with E-state index in [1.54, 1.807) is 17.0 Å². The second kappa shape index (κ2) is 6.92. The molecule has 0 unspecified atom stereocenters. The fourth-order valence-electron chi connectivity index (χ4n) is 1.86. The number of amides is 1. The average molecular weight is 263 g/mol. The summed E-state index contributed by atoms with van der Waals surface area (Å²) < 4.78 is 0. The minimum absolute atomic E-state index is 0.0160. The van der Waals surface area contributed by atoms with Crippen molar-refractivity contribution in [3.63, 3.8) is 0 Å². The number of benzene rings is 1. The summed E-state index contributed by atoms with van der Waals surface area (Å²) in [4.78, 5) is 24.6. The minimum atomic E-state index is -0.889. The van der Waals surface area contributed by atoms with Gasteiger partial charge in [-0.05, 0) is 38.0 Å². The molecule has 4 heteroatoms. The molecule has 0 aliphatic heterocycles. The summed E-state index contributed by atoms with van der Waals surface area (Å²) >= 11 is 0. The van der Waals surface area contributed by atoms with Gasteiger partial charge < -0.3 is 10.0 Å². The molecule has 4 nitrogen and oxygen atoms in total. The van der Waals surface area contributed by atoms with E-state index in [4.69, 9.17) is 5.11 Å². The van der Waals surface area contributed by atoms with Crippen molar-refractivity contribution in [2.75, 3.05) is 6.54 Å². The lowest BCUT2D eigenvalue weighted by Crippen LogP contribution is -2.38. The van der Waals surface area contributed by atoms with Crippen molar-refractivity contribution in [2.24, 2.45) is 0 Å². The van der Waals surface area contributed by atoms with Gasteiger partial charge in [-0.3, -0.25) is 9.59 Å². The van der Waals surface area contributed by atoms with Gasteiger partial charge in [0.2, 0.25) is 0 Å². The molecule has 1 aromatic rings.